The number of urea groups is 1. The van der Waals surface area contributed by atoms with Crippen molar-refractivity contribution in [1.29, 1.82) is 0 Å². The molecule has 0 aromatic carbocycles. The molecule has 2 atom stereocenters. The first-order valence-corrected chi connectivity index (χ1v) is 7.32. The van der Waals surface area contributed by atoms with Gasteiger partial charge in [-0.15, -0.1) is 11.3 Å². The molecular formula is C14H22N2O3S. The van der Waals surface area contributed by atoms with E-state index in [-0.39, 0.29) is 12.1 Å². The Balaban J connectivity index is 2.77. The Morgan fingerprint density at radius 2 is 2.00 bits per heavy atom. The van der Waals surface area contributed by atoms with E-state index in [1.165, 1.54) is 4.90 Å². The summed E-state index contributed by atoms with van der Waals surface area (Å²) >= 11 is 1.57. The first-order chi connectivity index (χ1) is 9.14. The van der Waals surface area contributed by atoms with Crippen LogP contribution in [0.25, 0.3) is 0 Å². The number of carbonyl (C=O) groups excluding carboxylic acids is 1. The van der Waals surface area contributed by atoms with Gasteiger partial charge in [-0.2, -0.15) is 0 Å². The van der Waals surface area contributed by atoms with Crippen molar-refractivity contribution in [2.75, 3.05) is 7.05 Å². The van der Waals surface area contributed by atoms with Gasteiger partial charge in [0.25, 0.3) is 0 Å². The predicted octanol–water partition coefficient (Wildman–Crippen LogP) is 2.95. The van der Waals surface area contributed by atoms with E-state index in [0.29, 0.717) is 0 Å². The van der Waals surface area contributed by atoms with Crippen LogP contribution in [0.5, 0.6) is 0 Å². The van der Waals surface area contributed by atoms with Crippen LogP contribution in [-0.2, 0) is 4.79 Å². The molecule has 0 aliphatic heterocycles. The number of hydrogen-bond donors (Lipinski definition) is 2. The largest absolute Gasteiger partial charge is 0.480 e. The number of hydrogen-bond acceptors (Lipinski definition) is 3. The molecule has 5 nitrogen and oxygen atoms in total. The zero-order valence-electron chi connectivity index (χ0n) is 12.5. The molecule has 0 fully saturated rings. The molecule has 0 aliphatic rings. The van der Waals surface area contributed by atoms with Crippen molar-refractivity contribution in [2.45, 2.75) is 39.8 Å². The number of amides is 2. The number of aliphatic carboxylic acids is 1. The molecule has 6 heteroatoms. The predicted molar refractivity (Wildman–Crippen MR) is 79.9 cm³/mol. The van der Waals surface area contributed by atoms with Gasteiger partial charge in [0.05, 0.1) is 6.04 Å². The Kier molecular flexibility index (Phi) is 5.16. The maximum Gasteiger partial charge on any atom is 0.326 e. The average Bonchev–Trinajstić information content (AvgIpc) is 2.85. The van der Waals surface area contributed by atoms with E-state index in [2.05, 4.69) is 5.32 Å². The van der Waals surface area contributed by atoms with Crippen molar-refractivity contribution in [3.8, 4) is 0 Å². The van der Waals surface area contributed by atoms with Gasteiger partial charge in [-0.05, 0) is 23.8 Å². The fourth-order valence-corrected chi connectivity index (χ4v) is 2.60. The fraction of sp³-hybridized carbons (Fsp3) is 0.571. The highest BCUT2D eigenvalue weighted by Crippen LogP contribution is 2.24. The second kappa shape index (κ2) is 6.26. The number of nitrogens with one attached hydrogen (secondary N) is 1. The van der Waals surface area contributed by atoms with Crippen molar-refractivity contribution >= 4 is 23.3 Å². The van der Waals surface area contributed by atoms with Crippen LogP contribution in [-0.4, -0.2) is 35.1 Å². The van der Waals surface area contributed by atoms with E-state index in [4.69, 9.17) is 0 Å². The molecule has 1 rings (SSSR count). The molecule has 2 N–H and O–H groups in total. The van der Waals surface area contributed by atoms with E-state index in [1.54, 1.807) is 39.2 Å². The van der Waals surface area contributed by atoms with Crippen molar-refractivity contribution in [3.05, 3.63) is 22.4 Å². The summed E-state index contributed by atoms with van der Waals surface area (Å²) in [7, 11) is 1.67. The minimum absolute atomic E-state index is 0.0931. The van der Waals surface area contributed by atoms with Gasteiger partial charge in [0.15, 0.2) is 0 Å². The van der Waals surface area contributed by atoms with Crippen molar-refractivity contribution < 1.29 is 14.7 Å². The van der Waals surface area contributed by atoms with Crippen LogP contribution in [0.2, 0.25) is 0 Å². The van der Waals surface area contributed by atoms with Gasteiger partial charge in [0.2, 0.25) is 0 Å². The SMILES string of the molecule is CC(c1cccs1)N(C)C(=O)N[C@@H](C(=O)O)C(C)(C)C. The highest BCUT2D eigenvalue weighted by Gasteiger charge is 2.34. The molecule has 1 aromatic rings. The van der Waals surface area contributed by atoms with Crippen LogP contribution in [0.4, 0.5) is 4.79 Å². The van der Waals surface area contributed by atoms with Crippen LogP contribution >= 0.6 is 11.3 Å². The zero-order valence-corrected chi connectivity index (χ0v) is 13.3. The third kappa shape index (κ3) is 3.96. The lowest BCUT2D eigenvalue weighted by Crippen LogP contribution is -2.52. The second-order valence-corrected chi connectivity index (χ2v) is 6.87. The maximum atomic E-state index is 12.2. The number of rotatable bonds is 4. The minimum Gasteiger partial charge on any atom is -0.480 e. The average molecular weight is 298 g/mol. The second-order valence-electron chi connectivity index (χ2n) is 5.89. The lowest BCUT2D eigenvalue weighted by Gasteiger charge is -2.31. The molecule has 1 aromatic heterocycles. The monoisotopic (exact) mass is 298 g/mol. The summed E-state index contributed by atoms with van der Waals surface area (Å²) < 4.78 is 0. The van der Waals surface area contributed by atoms with E-state index in [1.807, 2.05) is 24.4 Å². The van der Waals surface area contributed by atoms with Gasteiger partial charge in [-0.3, -0.25) is 0 Å². The number of carboxylic acids is 1. The van der Waals surface area contributed by atoms with Gasteiger partial charge < -0.3 is 15.3 Å². The van der Waals surface area contributed by atoms with E-state index in [9.17, 15) is 14.7 Å². The Bertz CT molecular complexity index is 465. The summed E-state index contributed by atoms with van der Waals surface area (Å²) in [5, 5.41) is 13.8. The highest BCUT2D eigenvalue weighted by atomic mass is 32.1. The lowest BCUT2D eigenvalue weighted by atomic mass is 9.87. The standard InChI is InChI=1S/C14H22N2O3S/c1-9(10-7-6-8-20-10)16(5)13(19)15-11(12(17)18)14(2,3)4/h6-9,11H,1-5H3,(H,15,19)(H,17,18)/t9?,11-/m0/s1. The molecule has 1 heterocycles. The van der Waals surface area contributed by atoms with Gasteiger partial charge >= 0.3 is 12.0 Å². The third-order valence-electron chi connectivity index (χ3n) is 3.24. The van der Waals surface area contributed by atoms with Crippen LogP contribution in [0.15, 0.2) is 17.5 Å². The molecule has 0 saturated carbocycles. The minimum atomic E-state index is -1.02. The van der Waals surface area contributed by atoms with Crippen LogP contribution < -0.4 is 5.32 Å². The molecule has 112 valence electrons. The Hall–Kier alpha value is -1.56. The van der Waals surface area contributed by atoms with Crippen molar-refractivity contribution in [1.82, 2.24) is 10.2 Å². The van der Waals surface area contributed by atoms with Crippen LogP contribution in [0.1, 0.15) is 38.6 Å². The molecule has 0 bridgehead atoms. The van der Waals surface area contributed by atoms with E-state index < -0.39 is 17.4 Å². The quantitative estimate of drug-likeness (QED) is 0.898. The molecule has 0 spiro atoms. The summed E-state index contributed by atoms with van der Waals surface area (Å²) in [6, 6.07) is 2.49. The molecule has 0 radical (unpaired) electrons. The number of carbonyl (C=O) groups is 2. The molecule has 2 amide bonds. The molecule has 1 unspecified atom stereocenters. The summed E-state index contributed by atoms with van der Waals surface area (Å²) in [5.41, 5.74) is -0.547. The molecule has 20 heavy (non-hydrogen) atoms. The highest BCUT2D eigenvalue weighted by molar-refractivity contribution is 7.10. The van der Waals surface area contributed by atoms with Crippen LogP contribution in [0, 0.1) is 5.41 Å². The zero-order chi connectivity index (χ0) is 15.5. The molecule has 0 saturated heterocycles. The van der Waals surface area contributed by atoms with E-state index in [0.717, 1.165) is 4.88 Å². The number of nitrogens with zero attached hydrogens (tertiary/aromatic N) is 1. The Morgan fingerprint density at radius 1 is 1.40 bits per heavy atom. The van der Waals surface area contributed by atoms with Gasteiger partial charge in [-0.25, -0.2) is 9.59 Å². The van der Waals surface area contributed by atoms with Crippen molar-refractivity contribution in [3.63, 3.8) is 0 Å². The first-order valence-electron chi connectivity index (χ1n) is 6.44. The summed E-state index contributed by atoms with van der Waals surface area (Å²) in [5.74, 6) is -1.02. The van der Waals surface area contributed by atoms with Crippen molar-refractivity contribution in [2.24, 2.45) is 5.41 Å². The van der Waals surface area contributed by atoms with Gasteiger partial charge in [0, 0.05) is 11.9 Å². The van der Waals surface area contributed by atoms with Gasteiger partial charge in [-0.1, -0.05) is 26.8 Å². The molecular weight excluding hydrogens is 276 g/mol. The molecule has 0 aliphatic carbocycles. The summed E-state index contributed by atoms with van der Waals surface area (Å²) in [6.45, 7) is 7.27. The fourth-order valence-electron chi connectivity index (χ4n) is 1.77. The lowest BCUT2D eigenvalue weighted by molar-refractivity contribution is -0.142. The number of thiophene rings is 1. The van der Waals surface area contributed by atoms with Gasteiger partial charge in [0.1, 0.15) is 6.04 Å². The smallest absolute Gasteiger partial charge is 0.326 e. The Labute approximate surface area is 123 Å². The third-order valence-corrected chi connectivity index (χ3v) is 4.28. The maximum absolute atomic E-state index is 12.2. The Morgan fingerprint density at radius 3 is 2.40 bits per heavy atom. The van der Waals surface area contributed by atoms with Crippen LogP contribution in [0.3, 0.4) is 0 Å². The number of carboxylic acid groups (broad SMARTS) is 1. The summed E-state index contributed by atoms with van der Waals surface area (Å²) in [4.78, 5) is 26.1. The normalized spacial score (nSPS) is 14.4. The topological polar surface area (TPSA) is 69.6 Å². The first kappa shape index (κ1) is 16.5. The summed E-state index contributed by atoms with van der Waals surface area (Å²) in [6.07, 6.45) is 0. The van der Waals surface area contributed by atoms with E-state index >= 15 is 0 Å².